The predicted molar refractivity (Wildman–Crippen MR) is 101 cm³/mol. The summed E-state index contributed by atoms with van der Waals surface area (Å²) in [6.45, 7) is 1.02. The predicted octanol–water partition coefficient (Wildman–Crippen LogP) is 0.651. The summed E-state index contributed by atoms with van der Waals surface area (Å²) in [6.07, 6.45) is 1.56. The molecule has 4 atom stereocenters. The van der Waals surface area contributed by atoms with Crippen LogP contribution in [-0.2, 0) is 20.9 Å². The quantitative estimate of drug-likeness (QED) is 0.636. The molecule has 0 radical (unpaired) electrons. The number of carbonyl (C=O) groups is 3. The molecule has 0 aliphatic carbocycles. The molecule has 2 aromatic rings. The first-order chi connectivity index (χ1) is 13.9. The molecular formula is C21H21N3O5. The van der Waals surface area contributed by atoms with Crippen LogP contribution in [0.1, 0.15) is 22.9 Å². The van der Waals surface area contributed by atoms with Gasteiger partial charge >= 0.3 is 5.97 Å². The van der Waals surface area contributed by atoms with Crippen molar-refractivity contribution in [3.63, 3.8) is 0 Å². The van der Waals surface area contributed by atoms with E-state index in [2.05, 4.69) is 10.3 Å². The number of fused-ring (bicyclic) bond motifs is 1. The molecule has 1 aromatic heterocycles. The summed E-state index contributed by atoms with van der Waals surface area (Å²) >= 11 is 0. The summed E-state index contributed by atoms with van der Waals surface area (Å²) in [5.41, 5.74) is 0.203. The van der Waals surface area contributed by atoms with E-state index in [0.29, 0.717) is 5.69 Å². The van der Waals surface area contributed by atoms with Gasteiger partial charge in [-0.1, -0.05) is 30.3 Å². The number of aryl methyl sites for hydroxylation is 1. The van der Waals surface area contributed by atoms with Crippen LogP contribution in [0.5, 0.6) is 0 Å². The molecule has 1 aromatic carbocycles. The van der Waals surface area contributed by atoms with E-state index in [1.165, 1.54) is 0 Å². The molecule has 0 spiro atoms. The fourth-order valence-corrected chi connectivity index (χ4v) is 4.48. The smallest absolute Gasteiger partial charge is 0.327 e. The summed E-state index contributed by atoms with van der Waals surface area (Å²) in [6, 6.07) is 11.8. The number of hydrogen-bond donors (Lipinski definition) is 3. The number of rotatable bonds is 5. The number of carboxylic acids is 1. The van der Waals surface area contributed by atoms with Crippen molar-refractivity contribution in [3.05, 3.63) is 65.5 Å². The highest BCUT2D eigenvalue weighted by molar-refractivity contribution is 6.09. The van der Waals surface area contributed by atoms with E-state index in [1.807, 2.05) is 19.1 Å². The summed E-state index contributed by atoms with van der Waals surface area (Å²) in [7, 11) is 0. The molecule has 150 valence electrons. The molecule has 0 saturated carbocycles. The van der Waals surface area contributed by atoms with Crippen molar-refractivity contribution < 1.29 is 24.6 Å². The molecule has 29 heavy (non-hydrogen) atoms. The normalized spacial score (nSPS) is 28.6. The molecule has 4 unspecified atom stereocenters. The van der Waals surface area contributed by atoms with Gasteiger partial charge in [0.05, 0.1) is 30.7 Å². The third-order valence-electron chi connectivity index (χ3n) is 5.95. The van der Waals surface area contributed by atoms with Gasteiger partial charge in [0.1, 0.15) is 0 Å². The molecule has 2 fully saturated rings. The number of imide groups is 1. The number of amides is 2. The third-order valence-corrected chi connectivity index (χ3v) is 5.95. The zero-order valence-corrected chi connectivity index (χ0v) is 15.8. The lowest BCUT2D eigenvalue weighted by Gasteiger charge is -2.29. The first kappa shape index (κ1) is 19.2. The molecule has 3 N–H and O–H groups in total. The van der Waals surface area contributed by atoms with E-state index in [-0.39, 0.29) is 6.54 Å². The maximum atomic E-state index is 13.3. The minimum Gasteiger partial charge on any atom is -0.480 e. The van der Waals surface area contributed by atoms with E-state index in [9.17, 15) is 24.6 Å². The number of aliphatic carboxylic acids is 1. The van der Waals surface area contributed by atoms with E-state index in [4.69, 9.17) is 0 Å². The number of aliphatic hydroxyl groups is 1. The first-order valence-corrected chi connectivity index (χ1v) is 9.33. The number of aliphatic hydroxyl groups excluding tert-OH is 1. The van der Waals surface area contributed by atoms with E-state index in [1.54, 1.807) is 36.5 Å². The molecule has 0 bridgehead atoms. The van der Waals surface area contributed by atoms with Crippen LogP contribution in [-0.4, -0.2) is 50.0 Å². The van der Waals surface area contributed by atoms with Gasteiger partial charge in [0, 0.05) is 12.2 Å². The first-order valence-electron chi connectivity index (χ1n) is 9.33. The Labute approximate surface area is 167 Å². The molecule has 2 aliphatic heterocycles. The number of pyridine rings is 1. The second kappa shape index (κ2) is 7.06. The fourth-order valence-electron chi connectivity index (χ4n) is 4.48. The van der Waals surface area contributed by atoms with Crippen molar-refractivity contribution in [1.82, 2.24) is 15.2 Å². The van der Waals surface area contributed by atoms with Crippen LogP contribution in [0.3, 0.4) is 0 Å². The van der Waals surface area contributed by atoms with Gasteiger partial charge in [0.15, 0.2) is 5.54 Å². The summed E-state index contributed by atoms with van der Waals surface area (Å²) in [5.74, 6) is -4.54. The topological polar surface area (TPSA) is 120 Å². The highest BCUT2D eigenvalue weighted by Crippen LogP contribution is 2.49. The zero-order chi connectivity index (χ0) is 20.8. The molecule has 2 saturated heterocycles. The Bertz CT molecular complexity index is 979. The lowest BCUT2D eigenvalue weighted by Crippen LogP contribution is -2.58. The van der Waals surface area contributed by atoms with Crippen LogP contribution >= 0.6 is 0 Å². The average Bonchev–Trinajstić information content (AvgIpc) is 3.19. The van der Waals surface area contributed by atoms with Crippen molar-refractivity contribution in [2.45, 2.75) is 25.0 Å². The minimum atomic E-state index is -1.93. The maximum absolute atomic E-state index is 13.3. The number of hydrogen-bond acceptors (Lipinski definition) is 6. The number of nitrogens with one attached hydrogen (secondary N) is 1. The van der Waals surface area contributed by atoms with E-state index in [0.717, 1.165) is 16.0 Å². The number of likely N-dealkylation sites (tertiary alicyclic amines) is 1. The number of carboxylic acid groups (broad SMARTS) is 1. The van der Waals surface area contributed by atoms with Crippen LogP contribution in [0.4, 0.5) is 0 Å². The standard InChI is InChI=1S/C21H21N3O5/c1-12-6-2-3-8-14(12)17-15-16(21(11-25,23-17)20(28)29)19(27)24(18(15)26)10-13-7-4-5-9-22-13/h2-9,15-17,23,25H,10-11H2,1H3,(H,28,29). The molecular weight excluding hydrogens is 374 g/mol. The Morgan fingerprint density at radius 2 is 1.90 bits per heavy atom. The van der Waals surface area contributed by atoms with Crippen LogP contribution in [0.2, 0.25) is 0 Å². The Balaban J connectivity index is 1.79. The second-order valence-corrected chi connectivity index (χ2v) is 7.50. The molecule has 4 rings (SSSR count). The Kier molecular flexibility index (Phi) is 4.68. The van der Waals surface area contributed by atoms with Crippen molar-refractivity contribution in [3.8, 4) is 0 Å². The third kappa shape index (κ3) is 2.83. The van der Waals surface area contributed by atoms with Gasteiger partial charge in [-0.2, -0.15) is 0 Å². The second-order valence-electron chi connectivity index (χ2n) is 7.50. The lowest BCUT2D eigenvalue weighted by molar-refractivity contribution is -0.153. The minimum absolute atomic E-state index is 0.0346. The van der Waals surface area contributed by atoms with E-state index >= 15 is 0 Å². The van der Waals surface area contributed by atoms with Gasteiger partial charge < -0.3 is 10.2 Å². The van der Waals surface area contributed by atoms with Crippen molar-refractivity contribution in [1.29, 1.82) is 0 Å². The maximum Gasteiger partial charge on any atom is 0.327 e. The molecule has 2 aliphatic rings. The van der Waals surface area contributed by atoms with Crippen molar-refractivity contribution >= 4 is 17.8 Å². The molecule has 8 heteroatoms. The average molecular weight is 395 g/mol. The number of nitrogens with zero attached hydrogens (tertiary/aromatic N) is 2. The van der Waals surface area contributed by atoms with Gasteiger partial charge in [-0.3, -0.25) is 29.6 Å². The van der Waals surface area contributed by atoms with Crippen LogP contribution < -0.4 is 5.32 Å². The summed E-state index contributed by atoms with van der Waals surface area (Å²) in [4.78, 5) is 43.9. The van der Waals surface area contributed by atoms with Crippen LogP contribution in [0.25, 0.3) is 0 Å². The fraction of sp³-hybridized carbons (Fsp3) is 0.333. The monoisotopic (exact) mass is 395 g/mol. The Hall–Kier alpha value is -3.10. The Morgan fingerprint density at radius 3 is 2.52 bits per heavy atom. The SMILES string of the molecule is Cc1ccccc1C1NC(CO)(C(=O)O)C2C(=O)N(Cc3ccccn3)C(=O)C12. The number of benzene rings is 1. The number of aromatic nitrogens is 1. The number of carbonyl (C=O) groups excluding carboxylic acids is 2. The van der Waals surface area contributed by atoms with E-state index < -0.39 is 47.8 Å². The van der Waals surface area contributed by atoms with Gasteiger partial charge in [-0.05, 0) is 30.2 Å². The van der Waals surface area contributed by atoms with Crippen LogP contribution in [0, 0.1) is 18.8 Å². The van der Waals surface area contributed by atoms with Gasteiger partial charge in [-0.25, -0.2) is 0 Å². The summed E-state index contributed by atoms with van der Waals surface area (Å²) < 4.78 is 0. The highest BCUT2D eigenvalue weighted by Gasteiger charge is 2.68. The van der Waals surface area contributed by atoms with Crippen LogP contribution in [0.15, 0.2) is 48.7 Å². The summed E-state index contributed by atoms with van der Waals surface area (Å²) in [5, 5.41) is 22.8. The molecule has 2 amide bonds. The van der Waals surface area contributed by atoms with Gasteiger partial charge in [0.25, 0.3) is 0 Å². The van der Waals surface area contributed by atoms with Crippen molar-refractivity contribution in [2.75, 3.05) is 6.61 Å². The van der Waals surface area contributed by atoms with Crippen molar-refractivity contribution in [2.24, 2.45) is 11.8 Å². The Morgan fingerprint density at radius 1 is 1.17 bits per heavy atom. The highest BCUT2D eigenvalue weighted by atomic mass is 16.4. The van der Waals surface area contributed by atoms with Gasteiger partial charge in [0.2, 0.25) is 11.8 Å². The largest absolute Gasteiger partial charge is 0.480 e. The molecule has 8 nitrogen and oxygen atoms in total. The van der Waals surface area contributed by atoms with Gasteiger partial charge in [-0.15, -0.1) is 0 Å². The zero-order valence-electron chi connectivity index (χ0n) is 15.8. The molecule has 3 heterocycles. The lowest BCUT2D eigenvalue weighted by atomic mass is 9.79.